The lowest BCUT2D eigenvalue weighted by Crippen LogP contribution is -2.38. The van der Waals surface area contributed by atoms with Crippen LogP contribution in [0.25, 0.3) is 11.7 Å². The largest absolute Gasteiger partial charge is 0.378 e. The van der Waals surface area contributed by atoms with E-state index in [1.165, 1.54) is 16.2 Å². The Morgan fingerprint density at radius 1 is 1.06 bits per heavy atom. The lowest BCUT2D eigenvalue weighted by molar-refractivity contribution is -0.122. The van der Waals surface area contributed by atoms with Crippen molar-refractivity contribution in [3.8, 4) is 0 Å². The van der Waals surface area contributed by atoms with E-state index in [1.54, 1.807) is 29.3 Å². The first-order valence-corrected chi connectivity index (χ1v) is 11.5. The Balaban J connectivity index is 1.56. The van der Waals surface area contributed by atoms with Gasteiger partial charge in [-0.15, -0.1) is 0 Å². The van der Waals surface area contributed by atoms with Gasteiger partial charge >= 0.3 is 0 Å². The first-order chi connectivity index (χ1) is 15.6. The topological polar surface area (TPSA) is 67.2 Å². The molecule has 1 aromatic carbocycles. The predicted octanol–water partition coefficient (Wildman–Crippen LogP) is 2.93. The van der Waals surface area contributed by atoms with E-state index in [1.807, 2.05) is 41.3 Å². The molecule has 0 atom stereocenters. The van der Waals surface area contributed by atoms with Crippen LogP contribution in [0, 0.1) is 0 Å². The Kier molecular flexibility index (Phi) is 5.77. The highest BCUT2D eigenvalue weighted by molar-refractivity contribution is 8.26. The molecule has 0 saturated carbocycles. The molecule has 0 radical (unpaired) electrons. The summed E-state index contributed by atoms with van der Waals surface area (Å²) in [6.07, 6.45) is 3.33. The number of thioether (sulfide) groups is 1. The molecule has 0 unspecified atom stereocenters. The molecule has 2 aromatic heterocycles. The molecule has 0 bridgehead atoms. The maximum atomic E-state index is 13.4. The lowest BCUT2D eigenvalue weighted by Gasteiger charge is -2.29. The predicted molar refractivity (Wildman–Crippen MR) is 130 cm³/mol. The molecule has 2 aliphatic heterocycles. The van der Waals surface area contributed by atoms with Crippen LogP contribution in [0.2, 0.25) is 0 Å². The minimum atomic E-state index is -0.217. The molecule has 1 amide bonds. The maximum Gasteiger partial charge on any atom is 0.267 e. The number of hydrogen-bond donors (Lipinski definition) is 0. The van der Waals surface area contributed by atoms with Gasteiger partial charge in [0.1, 0.15) is 15.8 Å². The van der Waals surface area contributed by atoms with Crippen LogP contribution in [0.3, 0.4) is 0 Å². The van der Waals surface area contributed by atoms with Crippen molar-refractivity contribution in [1.82, 2.24) is 14.3 Å². The van der Waals surface area contributed by atoms with Gasteiger partial charge < -0.3 is 9.64 Å². The van der Waals surface area contributed by atoms with Crippen LogP contribution in [0.4, 0.5) is 5.82 Å². The van der Waals surface area contributed by atoms with Crippen molar-refractivity contribution in [2.24, 2.45) is 0 Å². The van der Waals surface area contributed by atoms with Gasteiger partial charge in [-0.25, -0.2) is 4.98 Å². The van der Waals surface area contributed by atoms with E-state index in [2.05, 4.69) is 0 Å². The van der Waals surface area contributed by atoms with Gasteiger partial charge in [0.15, 0.2) is 0 Å². The second-order valence-electron chi connectivity index (χ2n) is 7.44. The van der Waals surface area contributed by atoms with Gasteiger partial charge in [-0.2, -0.15) is 0 Å². The van der Waals surface area contributed by atoms with E-state index in [9.17, 15) is 9.59 Å². The second-order valence-corrected chi connectivity index (χ2v) is 9.11. The minimum absolute atomic E-state index is 0.200. The Hall–Kier alpha value is -3.01. The smallest absolute Gasteiger partial charge is 0.267 e. The van der Waals surface area contributed by atoms with E-state index < -0.39 is 0 Å². The van der Waals surface area contributed by atoms with Crippen molar-refractivity contribution in [3.63, 3.8) is 0 Å². The number of aromatic nitrogens is 2. The SMILES string of the molecule is O=C1C(=Cc2c(N3CCOCC3)nc3ccccn3c2=O)SC(=S)N1Cc1ccccc1. The summed E-state index contributed by atoms with van der Waals surface area (Å²) in [5.41, 5.74) is 1.72. The van der Waals surface area contributed by atoms with Crippen molar-refractivity contribution < 1.29 is 9.53 Å². The van der Waals surface area contributed by atoms with Crippen LogP contribution >= 0.6 is 24.0 Å². The number of rotatable bonds is 4. The zero-order chi connectivity index (χ0) is 22.1. The molecule has 5 rings (SSSR count). The summed E-state index contributed by atoms with van der Waals surface area (Å²) in [5, 5.41) is 0. The molecular formula is C23H20N4O3S2. The number of pyridine rings is 1. The molecule has 2 saturated heterocycles. The van der Waals surface area contributed by atoms with E-state index in [-0.39, 0.29) is 11.5 Å². The summed E-state index contributed by atoms with van der Waals surface area (Å²) in [6.45, 7) is 2.79. The zero-order valence-electron chi connectivity index (χ0n) is 17.1. The van der Waals surface area contributed by atoms with Gasteiger partial charge in [-0.1, -0.05) is 60.4 Å². The second kappa shape index (κ2) is 8.85. The van der Waals surface area contributed by atoms with Crippen molar-refractivity contribution in [2.45, 2.75) is 6.54 Å². The third kappa shape index (κ3) is 3.94. The van der Waals surface area contributed by atoms with E-state index in [0.717, 1.165) is 5.56 Å². The Morgan fingerprint density at radius 2 is 1.81 bits per heavy atom. The van der Waals surface area contributed by atoms with E-state index >= 15 is 0 Å². The number of amides is 1. The van der Waals surface area contributed by atoms with Crippen LogP contribution in [0.1, 0.15) is 11.1 Å². The molecule has 4 heterocycles. The standard InChI is InChI=1S/C23H20N4O3S2/c28-21-17(14-18-22(29)27(23(31)32-18)15-16-6-2-1-3-7-16)20(25-10-12-30-13-11-25)24-19-8-4-5-9-26(19)21/h1-9,14H,10-13,15H2. The number of morpholine rings is 1. The number of benzene rings is 1. The van der Waals surface area contributed by atoms with Crippen molar-refractivity contribution >= 4 is 51.7 Å². The first-order valence-electron chi connectivity index (χ1n) is 10.3. The number of fused-ring (bicyclic) bond motifs is 1. The molecule has 2 fully saturated rings. The van der Waals surface area contributed by atoms with Crippen LogP contribution in [0.15, 0.2) is 64.4 Å². The summed E-state index contributed by atoms with van der Waals surface area (Å²) in [6, 6.07) is 15.1. The van der Waals surface area contributed by atoms with Crippen LogP contribution in [-0.2, 0) is 16.1 Å². The molecule has 162 valence electrons. The highest BCUT2D eigenvalue weighted by Crippen LogP contribution is 2.34. The average Bonchev–Trinajstić information content (AvgIpc) is 3.09. The lowest BCUT2D eigenvalue weighted by atomic mass is 10.2. The molecule has 32 heavy (non-hydrogen) atoms. The maximum absolute atomic E-state index is 13.4. The first kappa shape index (κ1) is 20.9. The van der Waals surface area contributed by atoms with Crippen molar-refractivity contribution in [1.29, 1.82) is 0 Å². The van der Waals surface area contributed by atoms with Gasteiger partial charge in [0, 0.05) is 19.3 Å². The molecule has 2 aliphatic rings. The minimum Gasteiger partial charge on any atom is -0.378 e. The van der Waals surface area contributed by atoms with E-state index in [4.69, 9.17) is 21.9 Å². The molecule has 0 spiro atoms. The van der Waals surface area contributed by atoms with Gasteiger partial charge in [0.2, 0.25) is 0 Å². The quantitative estimate of drug-likeness (QED) is 0.434. The monoisotopic (exact) mass is 464 g/mol. The van der Waals surface area contributed by atoms with Gasteiger partial charge in [-0.05, 0) is 23.8 Å². The molecular weight excluding hydrogens is 444 g/mol. The molecule has 9 heteroatoms. The van der Waals surface area contributed by atoms with Gasteiger partial charge in [-0.3, -0.25) is 18.9 Å². The summed E-state index contributed by atoms with van der Waals surface area (Å²) in [5.74, 6) is 0.368. The Labute approximate surface area is 194 Å². The third-order valence-electron chi connectivity index (χ3n) is 5.39. The normalized spacial score (nSPS) is 18.2. The third-order valence-corrected chi connectivity index (χ3v) is 6.77. The molecule has 0 N–H and O–H groups in total. The summed E-state index contributed by atoms with van der Waals surface area (Å²) in [7, 11) is 0. The number of carbonyl (C=O) groups is 1. The Bertz CT molecular complexity index is 1280. The fraction of sp³-hybridized carbons (Fsp3) is 0.217. The number of carbonyl (C=O) groups excluding carboxylic acids is 1. The number of ether oxygens (including phenoxy) is 1. The van der Waals surface area contributed by atoms with E-state index in [0.29, 0.717) is 59.1 Å². The fourth-order valence-electron chi connectivity index (χ4n) is 3.77. The van der Waals surface area contributed by atoms with Gasteiger partial charge in [0.05, 0.1) is 30.2 Å². The van der Waals surface area contributed by atoms with Crippen molar-refractivity contribution in [2.75, 3.05) is 31.2 Å². The number of thiocarbonyl (C=S) groups is 1. The number of nitrogens with zero attached hydrogens (tertiary/aromatic N) is 4. The van der Waals surface area contributed by atoms with Gasteiger partial charge in [0.25, 0.3) is 11.5 Å². The average molecular weight is 465 g/mol. The summed E-state index contributed by atoms with van der Waals surface area (Å²) < 4.78 is 7.44. The van der Waals surface area contributed by atoms with Crippen LogP contribution < -0.4 is 10.5 Å². The molecule has 3 aromatic rings. The molecule has 7 nitrogen and oxygen atoms in total. The summed E-state index contributed by atoms with van der Waals surface area (Å²) >= 11 is 6.69. The van der Waals surface area contributed by atoms with Crippen LogP contribution in [-0.4, -0.2) is 50.8 Å². The number of anilines is 1. The van der Waals surface area contributed by atoms with Crippen molar-refractivity contribution in [3.05, 3.63) is 81.1 Å². The highest BCUT2D eigenvalue weighted by atomic mass is 32.2. The fourth-order valence-corrected chi connectivity index (χ4v) is 5.00. The summed E-state index contributed by atoms with van der Waals surface area (Å²) in [4.78, 5) is 35.4. The Morgan fingerprint density at radius 3 is 2.59 bits per heavy atom. The number of hydrogen-bond acceptors (Lipinski definition) is 7. The zero-order valence-corrected chi connectivity index (χ0v) is 18.8. The van der Waals surface area contributed by atoms with Crippen LogP contribution in [0.5, 0.6) is 0 Å². The highest BCUT2D eigenvalue weighted by Gasteiger charge is 2.33. The molecule has 0 aliphatic carbocycles.